The van der Waals surface area contributed by atoms with Crippen LogP contribution in [0.2, 0.25) is 0 Å². The van der Waals surface area contributed by atoms with E-state index in [9.17, 15) is 4.79 Å². The van der Waals surface area contributed by atoms with Crippen molar-refractivity contribution >= 4 is 5.91 Å². The standard InChI is InChI=1S/C8H10N2O2/c1-12-8-6(5-7(9)11)3-2-4-10-8/h2-4H,5H2,1H3,(H2,9,11). The van der Waals surface area contributed by atoms with Gasteiger partial charge in [-0.1, -0.05) is 6.07 Å². The number of nitrogens with two attached hydrogens (primary N) is 1. The lowest BCUT2D eigenvalue weighted by atomic mass is 10.2. The number of pyridine rings is 1. The third kappa shape index (κ3) is 1.95. The summed E-state index contributed by atoms with van der Waals surface area (Å²) in [5, 5.41) is 0. The molecule has 2 N–H and O–H groups in total. The van der Waals surface area contributed by atoms with Crippen molar-refractivity contribution in [1.29, 1.82) is 0 Å². The molecule has 0 aliphatic carbocycles. The molecule has 0 aromatic carbocycles. The highest BCUT2D eigenvalue weighted by atomic mass is 16.5. The number of hydrogen-bond acceptors (Lipinski definition) is 3. The van der Waals surface area contributed by atoms with E-state index in [1.807, 2.05) is 0 Å². The summed E-state index contributed by atoms with van der Waals surface area (Å²) in [7, 11) is 1.51. The Morgan fingerprint density at radius 2 is 2.50 bits per heavy atom. The Kier molecular flexibility index (Phi) is 2.63. The molecule has 1 heterocycles. The first kappa shape index (κ1) is 8.52. The van der Waals surface area contributed by atoms with Gasteiger partial charge in [-0.15, -0.1) is 0 Å². The molecule has 0 bridgehead atoms. The van der Waals surface area contributed by atoms with Crippen molar-refractivity contribution in [1.82, 2.24) is 4.98 Å². The van der Waals surface area contributed by atoms with E-state index in [0.29, 0.717) is 11.4 Å². The molecule has 1 amide bonds. The molecule has 0 saturated heterocycles. The maximum absolute atomic E-state index is 10.6. The van der Waals surface area contributed by atoms with Gasteiger partial charge in [-0.2, -0.15) is 0 Å². The Hall–Kier alpha value is -1.58. The van der Waals surface area contributed by atoms with Gasteiger partial charge >= 0.3 is 0 Å². The van der Waals surface area contributed by atoms with Gasteiger partial charge in [0.25, 0.3) is 0 Å². The number of nitrogens with zero attached hydrogens (tertiary/aromatic N) is 1. The largest absolute Gasteiger partial charge is 0.481 e. The molecule has 1 aromatic heterocycles. The predicted octanol–water partition coefficient (Wildman–Crippen LogP) is 0.118. The van der Waals surface area contributed by atoms with E-state index in [1.165, 1.54) is 7.11 Å². The van der Waals surface area contributed by atoms with Crippen LogP contribution >= 0.6 is 0 Å². The van der Waals surface area contributed by atoms with Crippen molar-refractivity contribution in [2.24, 2.45) is 5.73 Å². The molecule has 0 radical (unpaired) electrons. The third-order valence-corrected chi connectivity index (χ3v) is 1.41. The first-order valence-corrected chi connectivity index (χ1v) is 3.50. The van der Waals surface area contributed by atoms with E-state index < -0.39 is 0 Å². The molecule has 1 rings (SSSR count). The topological polar surface area (TPSA) is 65.2 Å². The fourth-order valence-corrected chi connectivity index (χ4v) is 0.930. The van der Waals surface area contributed by atoms with Gasteiger partial charge in [0.15, 0.2) is 0 Å². The third-order valence-electron chi connectivity index (χ3n) is 1.41. The van der Waals surface area contributed by atoms with Crippen LogP contribution in [0, 0.1) is 0 Å². The predicted molar refractivity (Wildman–Crippen MR) is 43.7 cm³/mol. The first-order chi connectivity index (χ1) is 5.74. The summed E-state index contributed by atoms with van der Waals surface area (Å²) >= 11 is 0. The van der Waals surface area contributed by atoms with Crippen molar-refractivity contribution in [3.05, 3.63) is 23.9 Å². The van der Waals surface area contributed by atoms with Gasteiger partial charge in [-0.3, -0.25) is 4.79 Å². The number of carbonyl (C=O) groups excluding carboxylic acids is 1. The number of ether oxygens (including phenoxy) is 1. The summed E-state index contributed by atoms with van der Waals surface area (Å²) < 4.78 is 4.93. The number of carbonyl (C=O) groups is 1. The highest BCUT2D eigenvalue weighted by Crippen LogP contribution is 2.13. The summed E-state index contributed by atoms with van der Waals surface area (Å²) in [5.41, 5.74) is 5.74. The van der Waals surface area contributed by atoms with Crippen LogP contribution in [0.5, 0.6) is 5.88 Å². The number of rotatable bonds is 3. The van der Waals surface area contributed by atoms with Crippen molar-refractivity contribution in [3.8, 4) is 5.88 Å². The lowest BCUT2D eigenvalue weighted by molar-refractivity contribution is -0.117. The number of amides is 1. The molecule has 0 fully saturated rings. The second kappa shape index (κ2) is 3.71. The molecule has 0 saturated carbocycles. The van der Waals surface area contributed by atoms with Gasteiger partial charge in [0, 0.05) is 11.8 Å². The Labute approximate surface area is 70.4 Å². The second-order valence-corrected chi connectivity index (χ2v) is 2.31. The highest BCUT2D eigenvalue weighted by Gasteiger charge is 2.05. The summed E-state index contributed by atoms with van der Waals surface area (Å²) in [6.07, 6.45) is 1.76. The van der Waals surface area contributed by atoms with E-state index in [4.69, 9.17) is 10.5 Å². The maximum atomic E-state index is 10.6. The Morgan fingerprint density at radius 3 is 3.08 bits per heavy atom. The Balaban J connectivity index is 2.89. The normalized spacial score (nSPS) is 9.42. The van der Waals surface area contributed by atoms with E-state index >= 15 is 0 Å². The molecule has 0 unspecified atom stereocenters. The van der Waals surface area contributed by atoms with Crippen LogP contribution in [0.4, 0.5) is 0 Å². The molecule has 64 valence electrons. The van der Waals surface area contributed by atoms with Gasteiger partial charge in [0.1, 0.15) is 0 Å². The lowest BCUT2D eigenvalue weighted by Gasteiger charge is -2.03. The zero-order valence-corrected chi connectivity index (χ0v) is 6.78. The van der Waals surface area contributed by atoms with Crippen LogP contribution in [-0.4, -0.2) is 18.0 Å². The minimum atomic E-state index is -0.388. The van der Waals surface area contributed by atoms with Crippen LogP contribution in [0.25, 0.3) is 0 Å². The average Bonchev–Trinajstić information content (AvgIpc) is 2.04. The Morgan fingerprint density at radius 1 is 1.75 bits per heavy atom. The van der Waals surface area contributed by atoms with Gasteiger partial charge < -0.3 is 10.5 Å². The molecular formula is C8H10N2O2. The van der Waals surface area contributed by atoms with Crippen LogP contribution in [0.3, 0.4) is 0 Å². The van der Waals surface area contributed by atoms with Crippen molar-refractivity contribution in [2.45, 2.75) is 6.42 Å². The SMILES string of the molecule is COc1ncccc1CC(N)=O. The molecule has 0 spiro atoms. The molecule has 0 atom stereocenters. The number of methoxy groups -OCH3 is 1. The number of primary amides is 1. The minimum Gasteiger partial charge on any atom is -0.481 e. The van der Waals surface area contributed by atoms with Crippen LogP contribution in [0.1, 0.15) is 5.56 Å². The monoisotopic (exact) mass is 166 g/mol. The van der Waals surface area contributed by atoms with Crippen molar-refractivity contribution in [3.63, 3.8) is 0 Å². The molecule has 12 heavy (non-hydrogen) atoms. The molecule has 0 aliphatic heterocycles. The van der Waals surface area contributed by atoms with E-state index in [2.05, 4.69) is 4.98 Å². The molecule has 4 nitrogen and oxygen atoms in total. The van der Waals surface area contributed by atoms with E-state index in [0.717, 1.165) is 0 Å². The summed E-state index contributed by atoms with van der Waals surface area (Å²) in [6, 6.07) is 3.50. The summed E-state index contributed by atoms with van der Waals surface area (Å²) in [6.45, 7) is 0. The quantitative estimate of drug-likeness (QED) is 0.693. The molecule has 0 aliphatic rings. The van der Waals surface area contributed by atoms with Gasteiger partial charge in [0.2, 0.25) is 11.8 Å². The van der Waals surface area contributed by atoms with Crippen molar-refractivity contribution in [2.75, 3.05) is 7.11 Å². The molecule has 4 heteroatoms. The zero-order valence-electron chi connectivity index (χ0n) is 6.78. The maximum Gasteiger partial charge on any atom is 0.222 e. The average molecular weight is 166 g/mol. The van der Waals surface area contributed by atoms with Gasteiger partial charge in [0.05, 0.1) is 13.5 Å². The summed E-state index contributed by atoms with van der Waals surface area (Å²) in [5.74, 6) is 0.0672. The van der Waals surface area contributed by atoms with Gasteiger partial charge in [-0.25, -0.2) is 4.98 Å². The zero-order chi connectivity index (χ0) is 8.97. The van der Waals surface area contributed by atoms with Crippen LogP contribution in [-0.2, 0) is 11.2 Å². The first-order valence-electron chi connectivity index (χ1n) is 3.50. The van der Waals surface area contributed by atoms with E-state index in [1.54, 1.807) is 18.3 Å². The fourth-order valence-electron chi connectivity index (χ4n) is 0.930. The Bertz CT molecular complexity index is 286. The van der Waals surface area contributed by atoms with Crippen LogP contribution < -0.4 is 10.5 Å². The van der Waals surface area contributed by atoms with Crippen LogP contribution in [0.15, 0.2) is 18.3 Å². The van der Waals surface area contributed by atoms with E-state index in [-0.39, 0.29) is 12.3 Å². The highest BCUT2D eigenvalue weighted by molar-refractivity contribution is 5.77. The summed E-state index contributed by atoms with van der Waals surface area (Å²) in [4.78, 5) is 14.5. The fraction of sp³-hybridized carbons (Fsp3) is 0.250. The molecule has 1 aromatic rings. The number of hydrogen-bond donors (Lipinski definition) is 1. The second-order valence-electron chi connectivity index (χ2n) is 2.31. The number of aromatic nitrogens is 1. The van der Waals surface area contributed by atoms with Crippen molar-refractivity contribution < 1.29 is 9.53 Å². The van der Waals surface area contributed by atoms with Gasteiger partial charge in [-0.05, 0) is 6.07 Å². The minimum absolute atomic E-state index is 0.164. The molecular weight excluding hydrogens is 156 g/mol. The lowest BCUT2D eigenvalue weighted by Crippen LogP contribution is -2.14. The smallest absolute Gasteiger partial charge is 0.222 e.